The van der Waals surface area contributed by atoms with Crippen molar-refractivity contribution in [1.29, 1.82) is 0 Å². The molecule has 0 aliphatic heterocycles. The highest BCUT2D eigenvalue weighted by atomic mass is 31.2. The molecule has 2 heteroatoms. The molecular weight excluding hydrogens is 225 g/mol. The zero-order valence-corrected chi connectivity index (χ0v) is 13.4. The van der Waals surface area contributed by atoms with Crippen LogP contribution in [0.2, 0.25) is 0 Å². The van der Waals surface area contributed by atoms with Gasteiger partial charge in [0.15, 0.2) is 0 Å². The Labute approximate surface area is 110 Å². The van der Waals surface area contributed by atoms with Gasteiger partial charge in [-0.2, -0.15) is 0 Å². The van der Waals surface area contributed by atoms with Crippen molar-refractivity contribution in [3.63, 3.8) is 0 Å². The van der Waals surface area contributed by atoms with Crippen molar-refractivity contribution >= 4 is 7.26 Å². The minimum absolute atomic E-state index is 0.642. The Kier molecular flexibility index (Phi) is 11.7. The van der Waals surface area contributed by atoms with Crippen LogP contribution in [0.3, 0.4) is 0 Å². The summed E-state index contributed by atoms with van der Waals surface area (Å²) in [4.78, 5) is 0. The predicted octanol–water partition coefficient (Wildman–Crippen LogP) is 4.75. The van der Waals surface area contributed by atoms with Crippen molar-refractivity contribution < 1.29 is 0 Å². The molecule has 0 aliphatic carbocycles. The van der Waals surface area contributed by atoms with Gasteiger partial charge in [0.2, 0.25) is 0 Å². The first kappa shape index (κ1) is 17.4. The molecule has 104 valence electrons. The number of hydrogen-bond donors (Lipinski definition) is 1. The van der Waals surface area contributed by atoms with Gasteiger partial charge < -0.3 is 5.73 Å². The second kappa shape index (κ2) is 11.5. The third kappa shape index (κ3) is 8.16. The summed E-state index contributed by atoms with van der Waals surface area (Å²) in [6, 6.07) is 0. The number of nitrogens with two attached hydrogens (primary N) is 1. The van der Waals surface area contributed by atoms with E-state index in [1.54, 1.807) is 18.5 Å². The van der Waals surface area contributed by atoms with Gasteiger partial charge in [-0.1, -0.05) is 40.0 Å². The van der Waals surface area contributed by atoms with Gasteiger partial charge in [0.25, 0.3) is 0 Å². The monoisotopic (exact) mass is 260 g/mol. The van der Waals surface area contributed by atoms with E-state index in [-0.39, 0.29) is 0 Å². The van der Waals surface area contributed by atoms with Crippen LogP contribution in [-0.4, -0.2) is 31.2 Å². The summed E-state index contributed by atoms with van der Waals surface area (Å²) < 4.78 is 0. The summed E-state index contributed by atoms with van der Waals surface area (Å²) in [5.74, 6) is 0. The number of hydrogen-bond acceptors (Lipinski definition) is 1. The molecule has 0 radical (unpaired) electrons. The van der Waals surface area contributed by atoms with Crippen molar-refractivity contribution in [2.75, 3.05) is 31.2 Å². The average molecular weight is 260 g/mol. The SMILES string of the molecule is CCCC[P+](CCCC)(CCCC)CCCN. The lowest BCUT2D eigenvalue weighted by Gasteiger charge is -2.28. The standard InChI is InChI=1S/C15H35NP/c1-4-7-12-17(13-8-5-2,14-9-6-3)15-10-11-16/h4-16H2,1-3H3/q+1. The minimum atomic E-state index is -0.642. The molecule has 0 saturated carbocycles. The maximum absolute atomic E-state index is 5.74. The molecule has 0 aliphatic rings. The number of unbranched alkanes of at least 4 members (excludes halogenated alkanes) is 3. The van der Waals surface area contributed by atoms with E-state index in [2.05, 4.69) is 20.8 Å². The highest BCUT2D eigenvalue weighted by molar-refractivity contribution is 7.75. The molecule has 1 nitrogen and oxygen atoms in total. The van der Waals surface area contributed by atoms with Crippen molar-refractivity contribution in [1.82, 2.24) is 0 Å². The summed E-state index contributed by atoms with van der Waals surface area (Å²) >= 11 is 0. The smallest absolute Gasteiger partial charge is 0.0606 e. The van der Waals surface area contributed by atoms with Crippen LogP contribution >= 0.6 is 7.26 Å². The van der Waals surface area contributed by atoms with Crippen LogP contribution in [0.25, 0.3) is 0 Å². The fourth-order valence-corrected chi connectivity index (χ4v) is 7.73. The van der Waals surface area contributed by atoms with E-state index in [0.29, 0.717) is 0 Å². The van der Waals surface area contributed by atoms with Crippen LogP contribution in [0.4, 0.5) is 0 Å². The van der Waals surface area contributed by atoms with Crippen molar-refractivity contribution in [3.05, 3.63) is 0 Å². The van der Waals surface area contributed by atoms with Gasteiger partial charge in [0.05, 0.1) is 24.6 Å². The summed E-state index contributed by atoms with van der Waals surface area (Å²) in [5.41, 5.74) is 5.74. The molecule has 0 fully saturated rings. The Balaban J connectivity index is 4.39. The first-order chi connectivity index (χ1) is 8.24. The van der Waals surface area contributed by atoms with Crippen LogP contribution in [0, 0.1) is 0 Å². The van der Waals surface area contributed by atoms with E-state index in [0.717, 1.165) is 6.54 Å². The molecule has 0 aromatic rings. The fraction of sp³-hybridized carbons (Fsp3) is 1.00. The summed E-state index contributed by atoms with van der Waals surface area (Å²) in [6.07, 6.45) is 15.8. The van der Waals surface area contributed by atoms with Crippen LogP contribution in [0.1, 0.15) is 65.7 Å². The van der Waals surface area contributed by atoms with Crippen LogP contribution < -0.4 is 5.73 Å². The van der Waals surface area contributed by atoms with Gasteiger partial charge in [-0.05, 0) is 32.2 Å². The van der Waals surface area contributed by atoms with E-state index < -0.39 is 7.26 Å². The van der Waals surface area contributed by atoms with Gasteiger partial charge in [0.1, 0.15) is 0 Å². The van der Waals surface area contributed by atoms with E-state index in [1.807, 2.05) is 0 Å². The Morgan fingerprint density at radius 3 is 1.29 bits per heavy atom. The Hall–Kier alpha value is 0.390. The van der Waals surface area contributed by atoms with Gasteiger partial charge in [-0.3, -0.25) is 0 Å². The highest BCUT2D eigenvalue weighted by Gasteiger charge is 2.34. The third-order valence-corrected chi connectivity index (χ3v) is 8.85. The molecule has 0 aromatic carbocycles. The second-order valence-electron chi connectivity index (χ2n) is 5.44. The lowest BCUT2D eigenvalue weighted by molar-refractivity contribution is 0.822. The van der Waals surface area contributed by atoms with E-state index in [9.17, 15) is 0 Å². The largest absolute Gasteiger partial charge is 0.330 e. The summed E-state index contributed by atoms with van der Waals surface area (Å²) in [5, 5.41) is 0. The lowest BCUT2D eigenvalue weighted by atomic mass is 10.4. The maximum atomic E-state index is 5.74. The first-order valence-corrected chi connectivity index (χ1v) is 10.3. The van der Waals surface area contributed by atoms with Gasteiger partial charge in [0, 0.05) is 7.26 Å². The van der Waals surface area contributed by atoms with E-state index in [1.165, 1.54) is 51.1 Å². The molecule has 0 heterocycles. The van der Waals surface area contributed by atoms with E-state index >= 15 is 0 Å². The molecule has 0 atom stereocenters. The molecule has 17 heavy (non-hydrogen) atoms. The Morgan fingerprint density at radius 1 is 0.647 bits per heavy atom. The molecule has 0 spiro atoms. The average Bonchev–Trinajstić information content (AvgIpc) is 2.37. The first-order valence-electron chi connectivity index (χ1n) is 7.79. The second-order valence-corrected chi connectivity index (χ2v) is 9.91. The molecule has 2 N–H and O–H groups in total. The molecule has 0 amide bonds. The Bertz CT molecular complexity index is 121. The normalized spacial score (nSPS) is 12.0. The van der Waals surface area contributed by atoms with Gasteiger partial charge >= 0.3 is 0 Å². The Morgan fingerprint density at radius 2 is 1.00 bits per heavy atom. The lowest BCUT2D eigenvalue weighted by Crippen LogP contribution is -2.15. The van der Waals surface area contributed by atoms with Gasteiger partial charge in [-0.25, -0.2) is 0 Å². The van der Waals surface area contributed by atoms with E-state index in [4.69, 9.17) is 5.73 Å². The van der Waals surface area contributed by atoms with Crippen molar-refractivity contribution in [3.8, 4) is 0 Å². The molecule has 0 rings (SSSR count). The summed E-state index contributed by atoms with van der Waals surface area (Å²) in [7, 11) is -0.642. The molecule has 0 aromatic heterocycles. The topological polar surface area (TPSA) is 26.0 Å². The molecule has 0 unspecified atom stereocenters. The third-order valence-electron chi connectivity index (χ3n) is 3.79. The quantitative estimate of drug-likeness (QED) is 0.503. The van der Waals surface area contributed by atoms with Crippen LogP contribution in [0.15, 0.2) is 0 Å². The highest BCUT2D eigenvalue weighted by Crippen LogP contribution is 2.61. The fourth-order valence-electron chi connectivity index (χ4n) is 2.58. The predicted molar refractivity (Wildman–Crippen MR) is 84.8 cm³/mol. The van der Waals surface area contributed by atoms with Crippen molar-refractivity contribution in [2.45, 2.75) is 65.7 Å². The molecule has 0 bridgehead atoms. The van der Waals surface area contributed by atoms with Crippen LogP contribution in [0.5, 0.6) is 0 Å². The molecular formula is C15H35NP+. The maximum Gasteiger partial charge on any atom is 0.0606 e. The zero-order valence-electron chi connectivity index (χ0n) is 12.5. The van der Waals surface area contributed by atoms with Crippen LogP contribution in [-0.2, 0) is 0 Å². The van der Waals surface area contributed by atoms with Crippen molar-refractivity contribution in [2.24, 2.45) is 5.73 Å². The summed E-state index contributed by atoms with van der Waals surface area (Å²) in [6.45, 7) is 7.89. The minimum Gasteiger partial charge on any atom is -0.330 e. The molecule has 0 saturated heterocycles. The number of rotatable bonds is 12. The van der Waals surface area contributed by atoms with Gasteiger partial charge in [-0.15, -0.1) is 0 Å². The zero-order chi connectivity index (χ0) is 13.0.